The minimum atomic E-state index is -0.372. The number of carbonyl (C=O) groups excluding carboxylic acids is 2. The number of aryl methyl sites for hydroxylation is 2. The Hall–Kier alpha value is -2.10. The van der Waals surface area contributed by atoms with Crippen LogP contribution in [0.3, 0.4) is 0 Å². The molecular weight excluding hydrogens is 242 g/mol. The molecular formula is C15H17NO3. The van der Waals surface area contributed by atoms with E-state index in [1.807, 2.05) is 32.0 Å². The van der Waals surface area contributed by atoms with Crippen molar-refractivity contribution >= 4 is 17.6 Å². The van der Waals surface area contributed by atoms with E-state index in [4.69, 9.17) is 4.74 Å². The van der Waals surface area contributed by atoms with Crippen LogP contribution in [-0.4, -0.2) is 19.0 Å². The van der Waals surface area contributed by atoms with Crippen LogP contribution in [0.4, 0.5) is 5.69 Å². The second kappa shape index (κ2) is 5.26. The van der Waals surface area contributed by atoms with Gasteiger partial charge in [-0.15, -0.1) is 0 Å². The molecule has 0 saturated carbocycles. The van der Waals surface area contributed by atoms with Gasteiger partial charge >= 0.3 is 5.97 Å². The quantitative estimate of drug-likeness (QED) is 0.767. The van der Waals surface area contributed by atoms with E-state index in [1.165, 1.54) is 7.11 Å². The van der Waals surface area contributed by atoms with Gasteiger partial charge in [-0.3, -0.25) is 9.69 Å². The lowest BCUT2D eigenvalue weighted by Crippen LogP contribution is -2.31. The predicted molar refractivity (Wildman–Crippen MR) is 72.7 cm³/mol. The number of methoxy groups -OCH3 is 1. The summed E-state index contributed by atoms with van der Waals surface area (Å²) in [4.78, 5) is 25.2. The molecule has 0 aliphatic carbocycles. The lowest BCUT2D eigenvalue weighted by atomic mass is 10.0. The molecule has 1 aliphatic heterocycles. The van der Waals surface area contributed by atoms with Crippen LogP contribution in [0.2, 0.25) is 0 Å². The van der Waals surface area contributed by atoms with E-state index in [0.29, 0.717) is 18.4 Å². The van der Waals surface area contributed by atoms with Crippen molar-refractivity contribution in [3.8, 4) is 0 Å². The fourth-order valence-electron chi connectivity index (χ4n) is 2.32. The van der Waals surface area contributed by atoms with Gasteiger partial charge in [-0.1, -0.05) is 18.2 Å². The van der Waals surface area contributed by atoms with Gasteiger partial charge in [0.1, 0.15) is 0 Å². The first-order valence-corrected chi connectivity index (χ1v) is 6.22. The topological polar surface area (TPSA) is 46.6 Å². The SMILES string of the molecule is COC(=O)C1=CN(c2c(C)cccc2C)C(=O)CC1. The maximum Gasteiger partial charge on any atom is 0.335 e. The van der Waals surface area contributed by atoms with E-state index < -0.39 is 0 Å². The first kappa shape index (κ1) is 13.3. The van der Waals surface area contributed by atoms with Gasteiger partial charge in [0, 0.05) is 12.6 Å². The van der Waals surface area contributed by atoms with E-state index in [0.717, 1.165) is 16.8 Å². The zero-order valence-electron chi connectivity index (χ0n) is 11.4. The van der Waals surface area contributed by atoms with Gasteiger partial charge in [0.15, 0.2) is 0 Å². The third-order valence-corrected chi connectivity index (χ3v) is 3.29. The first-order chi connectivity index (χ1) is 9.04. The van der Waals surface area contributed by atoms with Crippen molar-refractivity contribution < 1.29 is 14.3 Å². The molecule has 0 aromatic heterocycles. The number of para-hydroxylation sites is 1. The summed E-state index contributed by atoms with van der Waals surface area (Å²) in [6, 6.07) is 5.86. The lowest BCUT2D eigenvalue weighted by molar-refractivity contribution is -0.136. The predicted octanol–water partition coefficient (Wildman–Crippen LogP) is 2.49. The van der Waals surface area contributed by atoms with Gasteiger partial charge in [0.2, 0.25) is 5.91 Å². The van der Waals surface area contributed by atoms with E-state index in [9.17, 15) is 9.59 Å². The van der Waals surface area contributed by atoms with Crippen LogP contribution >= 0.6 is 0 Å². The first-order valence-electron chi connectivity index (χ1n) is 6.22. The molecule has 0 N–H and O–H groups in total. The molecule has 0 unspecified atom stereocenters. The van der Waals surface area contributed by atoms with Gasteiger partial charge in [-0.2, -0.15) is 0 Å². The second-order valence-corrected chi connectivity index (χ2v) is 4.65. The van der Waals surface area contributed by atoms with Gasteiger partial charge < -0.3 is 4.74 Å². The molecule has 100 valence electrons. The Balaban J connectivity index is 2.47. The summed E-state index contributed by atoms with van der Waals surface area (Å²) in [5.74, 6) is -0.367. The number of hydrogen-bond donors (Lipinski definition) is 0. The molecule has 0 spiro atoms. The Morgan fingerprint density at radius 3 is 2.42 bits per heavy atom. The Labute approximate surface area is 112 Å². The Bertz CT molecular complexity index is 540. The van der Waals surface area contributed by atoms with Crippen molar-refractivity contribution in [3.63, 3.8) is 0 Å². The van der Waals surface area contributed by atoms with Gasteiger partial charge in [-0.25, -0.2) is 4.79 Å². The van der Waals surface area contributed by atoms with Crippen LogP contribution < -0.4 is 4.90 Å². The molecule has 0 radical (unpaired) electrons. The minimum absolute atomic E-state index is 0.00468. The average molecular weight is 259 g/mol. The maximum absolute atomic E-state index is 12.1. The summed E-state index contributed by atoms with van der Waals surface area (Å²) in [5, 5.41) is 0. The van der Waals surface area contributed by atoms with Gasteiger partial charge in [0.05, 0.1) is 18.4 Å². The fraction of sp³-hybridized carbons (Fsp3) is 0.333. The number of rotatable bonds is 2. The van der Waals surface area contributed by atoms with Crippen molar-refractivity contribution in [3.05, 3.63) is 41.1 Å². The maximum atomic E-state index is 12.1. The normalized spacial score (nSPS) is 15.2. The highest BCUT2D eigenvalue weighted by molar-refractivity contribution is 6.02. The fourth-order valence-corrected chi connectivity index (χ4v) is 2.32. The molecule has 2 rings (SSSR count). The summed E-state index contributed by atoms with van der Waals surface area (Å²) >= 11 is 0. The number of amides is 1. The molecule has 4 heteroatoms. The minimum Gasteiger partial charge on any atom is -0.466 e. The molecule has 19 heavy (non-hydrogen) atoms. The number of anilines is 1. The van der Waals surface area contributed by atoms with Crippen LogP contribution in [0.1, 0.15) is 24.0 Å². The third-order valence-electron chi connectivity index (χ3n) is 3.29. The molecule has 1 aromatic rings. The van der Waals surface area contributed by atoms with Crippen LogP contribution in [0, 0.1) is 13.8 Å². The van der Waals surface area contributed by atoms with E-state index in [-0.39, 0.29) is 11.9 Å². The van der Waals surface area contributed by atoms with Gasteiger partial charge in [-0.05, 0) is 31.4 Å². The monoisotopic (exact) mass is 259 g/mol. The van der Waals surface area contributed by atoms with Crippen LogP contribution in [0.5, 0.6) is 0 Å². The largest absolute Gasteiger partial charge is 0.466 e. The number of esters is 1. The van der Waals surface area contributed by atoms with Crippen LogP contribution in [-0.2, 0) is 14.3 Å². The number of benzene rings is 1. The van der Waals surface area contributed by atoms with Crippen molar-refractivity contribution in [2.24, 2.45) is 0 Å². The summed E-state index contributed by atoms with van der Waals surface area (Å²) < 4.78 is 4.72. The summed E-state index contributed by atoms with van der Waals surface area (Å²) in [6.45, 7) is 3.91. The Kier molecular flexibility index (Phi) is 3.69. The van der Waals surface area contributed by atoms with Gasteiger partial charge in [0.25, 0.3) is 0 Å². The highest BCUT2D eigenvalue weighted by Gasteiger charge is 2.25. The summed E-state index contributed by atoms with van der Waals surface area (Å²) in [6.07, 6.45) is 2.37. The molecule has 0 bridgehead atoms. The molecule has 0 atom stereocenters. The average Bonchev–Trinajstić information content (AvgIpc) is 2.39. The van der Waals surface area contributed by atoms with E-state index >= 15 is 0 Å². The molecule has 0 saturated heterocycles. The van der Waals surface area contributed by atoms with Crippen LogP contribution in [0.25, 0.3) is 0 Å². The molecule has 1 amide bonds. The number of ether oxygens (including phenoxy) is 1. The Morgan fingerprint density at radius 2 is 1.84 bits per heavy atom. The highest BCUT2D eigenvalue weighted by Crippen LogP contribution is 2.29. The van der Waals surface area contributed by atoms with Crippen molar-refractivity contribution in [2.75, 3.05) is 12.0 Å². The van der Waals surface area contributed by atoms with Crippen LogP contribution in [0.15, 0.2) is 30.0 Å². The molecule has 1 heterocycles. The third kappa shape index (κ3) is 2.52. The number of hydrogen-bond acceptors (Lipinski definition) is 3. The lowest BCUT2D eigenvalue weighted by Gasteiger charge is -2.27. The number of nitrogens with zero attached hydrogens (tertiary/aromatic N) is 1. The smallest absolute Gasteiger partial charge is 0.335 e. The summed E-state index contributed by atoms with van der Waals surface area (Å²) in [7, 11) is 1.35. The van der Waals surface area contributed by atoms with Crippen molar-refractivity contribution in [1.82, 2.24) is 0 Å². The second-order valence-electron chi connectivity index (χ2n) is 4.65. The zero-order valence-corrected chi connectivity index (χ0v) is 11.4. The van der Waals surface area contributed by atoms with Crippen molar-refractivity contribution in [2.45, 2.75) is 26.7 Å². The highest BCUT2D eigenvalue weighted by atomic mass is 16.5. The molecule has 1 aromatic carbocycles. The number of carbonyl (C=O) groups is 2. The van der Waals surface area contributed by atoms with E-state index in [2.05, 4.69) is 0 Å². The van der Waals surface area contributed by atoms with Crippen molar-refractivity contribution in [1.29, 1.82) is 0 Å². The Morgan fingerprint density at radius 1 is 1.21 bits per heavy atom. The molecule has 1 aliphatic rings. The summed E-state index contributed by atoms with van der Waals surface area (Å²) in [5.41, 5.74) is 3.41. The zero-order chi connectivity index (χ0) is 14.0. The molecule has 4 nitrogen and oxygen atoms in total. The van der Waals surface area contributed by atoms with E-state index in [1.54, 1.807) is 11.1 Å². The molecule has 0 fully saturated rings. The standard InChI is InChI=1S/C15H17NO3/c1-10-5-4-6-11(2)14(10)16-9-12(15(18)19-3)7-8-13(16)17/h4-6,9H,7-8H2,1-3H3.